The van der Waals surface area contributed by atoms with Gasteiger partial charge in [0.05, 0.1) is 17.3 Å². The Morgan fingerprint density at radius 3 is 2.86 bits per heavy atom. The third kappa shape index (κ3) is 2.73. The van der Waals surface area contributed by atoms with E-state index < -0.39 is 0 Å². The standard InChI is InChI=1S/C19H18N2/c1-19(2)11-15-7-5-6-14(13-20)10-16(15)17(12-19)18-8-3-4-9-21-18/h3-6,8-10,12H,7,11H2,1-2H3. The highest BCUT2D eigenvalue weighted by Crippen LogP contribution is 2.43. The van der Waals surface area contributed by atoms with Crippen LogP contribution in [0.4, 0.5) is 0 Å². The van der Waals surface area contributed by atoms with Gasteiger partial charge in [0.2, 0.25) is 0 Å². The number of hydrogen-bond acceptors (Lipinski definition) is 2. The average molecular weight is 274 g/mol. The van der Waals surface area contributed by atoms with Gasteiger partial charge in [-0.15, -0.1) is 0 Å². The molecule has 2 aliphatic rings. The lowest BCUT2D eigenvalue weighted by molar-refractivity contribution is 0.467. The van der Waals surface area contributed by atoms with Crippen LogP contribution < -0.4 is 0 Å². The molecule has 0 radical (unpaired) electrons. The smallest absolute Gasteiger partial charge is 0.0991 e. The Labute approximate surface area is 125 Å². The molecular weight excluding hydrogens is 256 g/mol. The van der Waals surface area contributed by atoms with Crippen LogP contribution in [-0.2, 0) is 0 Å². The van der Waals surface area contributed by atoms with Crippen molar-refractivity contribution in [2.75, 3.05) is 0 Å². The van der Waals surface area contributed by atoms with Gasteiger partial charge < -0.3 is 0 Å². The quantitative estimate of drug-likeness (QED) is 0.750. The summed E-state index contributed by atoms with van der Waals surface area (Å²) in [5, 5.41) is 9.24. The Hall–Kier alpha value is -2.40. The normalized spacial score (nSPS) is 20.0. The predicted molar refractivity (Wildman–Crippen MR) is 85.1 cm³/mol. The minimum absolute atomic E-state index is 0.116. The van der Waals surface area contributed by atoms with Crippen molar-refractivity contribution < 1.29 is 0 Å². The highest BCUT2D eigenvalue weighted by Gasteiger charge is 2.27. The Kier molecular flexibility index (Phi) is 3.35. The number of nitriles is 1. The van der Waals surface area contributed by atoms with Gasteiger partial charge >= 0.3 is 0 Å². The van der Waals surface area contributed by atoms with Gasteiger partial charge in [0.25, 0.3) is 0 Å². The molecule has 0 atom stereocenters. The van der Waals surface area contributed by atoms with E-state index in [4.69, 9.17) is 0 Å². The van der Waals surface area contributed by atoms with Crippen LogP contribution in [0.2, 0.25) is 0 Å². The molecule has 0 aromatic carbocycles. The maximum atomic E-state index is 9.24. The zero-order valence-corrected chi connectivity index (χ0v) is 12.4. The fourth-order valence-electron chi connectivity index (χ4n) is 3.05. The molecule has 21 heavy (non-hydrogen) atoms. The first-order chi connectivity index (χ1) is 10.1. The third-order valence-electron chi connectivity index (χ3n) is 3.91. The van der Waals surface area contributed by atoms with E-state index in [0.29, 0.717) is 5.57 Å². The van der Waals surface area contributed by atoms with E-state index in [1.165, 1.54) is 11.1 Å². The number of allylic oxidation sites excluding steroid dienone is 8. The Balaban J connectivity index is 2.18. The van der Waals surface area contributed by atoms with Gasteiger partial charge in [-0.3, -0.25) is 4.98 Å². The number of hydrogen-bond donors (Lipinski definition) is 0. The lowest BCUT2D eigenvalue weighted by Gasteiger charge is -2.30. The molecule has 0 spiro atoms. The van der Waals surface area contributed by atoms with E-state index in [0.717, 1.165) is 24.1 Å². The second-order valence-corrected chi connectivity index (χ2v) is 6.27. The number of pyridine rings is 1. The van der Waals surface area contributed by atoms with Gasteiger partial charge in [0.1, 0.15) is 0 Å². The van der Waals surface area contributed by atoms with E-state index in [2.05, 4.69) is 37.1 Å². The highest BCUT2D eigenvalue weighted by molar-refractivity contribution is 5.84. The van der Waals surface area contributed by atoms with E-state index in [9.17, 15) is 5.26 Å². The second-order valence-electron chi connectivity index (χ2n) is 6.27. The summed E-state index contributed by atoms with van der Waals surface area (Å²) >= 11 is 0. The molecule has 0 unspecified atom stereocenters. The van der Waals surface area contributed by atoms with Gasteiger partial charge in [-0.2, -0.15) is 5.26 Å². The summed E-state index contributed by atoms with van der Waals surface area (Å²) in [6.07, 6.45) is 12.1. The largest absolute Gasteiger partial charge is 0.256 e. The molecule has 1 heterocycles. The lowest BCUT2D eigenvalue weighted by Crippen LogP contribution is -2.16. The van der Waals surface area contributed by atoms with Crippen LogP contribution >= 0.6 is 0 Å². The topological polar surface area (TPSA) is 36.7 Å². The summed E-state index contributed by atoms with van der Waals surface area (Å²) in [5.41, 5.74) is 5.53. The third-order valence-corrected chi connectivity index (χ3v) is 3.91. The van der Waals surface area contributed by atoms with Crippen LogP contribution in [0.5, 0.6) is 0 Å². The van der Waals surface area contributed by atoms with E-state index in [1.807, 2.05) is 36.5 Å². The first-order valence-electron chi connectivity index (χ1n) is 7.24. The number of aromatic nitrogens is 1. The monoisotopic (exact) mass is 274 g/mol. The fourth-order valence-corrected chi connectivity index (χ4v) is 3.05. The molecule has 1 aromatic rings. The molecule has 0 aliphatic heterocycles. The molecule has 104 valence electrons. The van der Waals surface area contributed by atoms with E-state index >= 15 is 0 Å². The van der Waals surface area contributed by atoms with Crippen LogP contribution in [-0.4, -0.2) is 4.98 Å². The highest BCUT2D eigenvalue weighted by atomic mass is 14.7. The maximum absolute atomic E-state index is 9.24. The molecule has 2 aliphatic carbocycles. The van der Waals surface area contributed by atoms with Crippen molar-refractivity contribution in [2.45, 2.75) is 26.7 Å². The summed E-state index contributed by atoms with van der Waals surface area (Å²) in [7, 11) is 0. The summed E-state index contributed by atoms with van der Waals surface area (Å²) in [5.74, 6) is 0. The predicted octanol–water partition coefficient (Wildman–Crippen LogP) is 4.60. The summed E-state index contributed by atoms with van der Waals surface area (Å²) < 4.78 is 0. The molecule has 1 aromatic heterocycles. The van der Waals surface area contributed by atoms with Crippen LogP contribution in [0.25, 0.3) is 5.57 Å². The summed E-state index contributed by atoms with van der Waals surface area (Å²) in [4.78, 5) is 4.51. The zero-order chi connectivity index (χ0) is 14.9. The minimum atomic E-state index is 0.116. The van der Waals surface area contributed by atoms with Crippen LogP contribution in [0.15, 0.2) is 65.4 Å². The van der Waals surface area contributed by atoms with Crippen molar-refractivity contribution in [3.8, 4) is 6.07 Å². The Morgan fingerprint density at radius 2 is 2.14 bits per heavy atom. The van der Waals surface area contributed by atoms with E-state index in [1.54, 1.807) is 0 Å². The molecular formula is C19H18N2. The van der Waals surface area contributed by atoms with Crippen molar-refractivity contribution >= 4 is 5.57 Å². The summed E-state index contributed by atoms with van der Waals surface area (Å²) in [6.45, 7) is 4.51. The van der Waals surface area contributed by atoms with Gasteiger partial charge in [0, 0.05) is 11.8 Å². The fraction of sp³-hybridized carbons (Fsp3) is 0.263. The number of nitrogens with zero attached hydrogens (tertiary/aromatic N) is 2. The Bertz CT molecular complexity index is 723. The molecule has 0 amide bonds. The van der Waals surface area contributed by atoms with E-state index in [-0.39, 0.29) is 5.41 Å². The van der Waals surface area contributed by atoms with Crippen LogP contribution in [0.3, 0.4) is 0 Å². The molecule has 0 bridgehead atoms. The minimum Gasteiger partial charge on any atom is -0.256 e. The lowest BCUT2D eigenvalue weighted by atomic mass is 9.74. The average Bonchev–Trinajstić information content (AvgIpc) is 2.68. The summed E-state index contributed by atoms with van der Waals surface area (Å²) in [6, 6.07) is 8.24. The number of rotatable bonds is 1. The first kappa shape index (κ1) is 13.6. The molecule has 0 fully saturated rings. The SMILES string of the molecule is CC1(C)C=C(c2ccccn2)C2=C(CC=CC(C#N)=C2)C1. The maximum Gasteiger partial charge on any atom is 0.0991 e. The molecule has 2 nitrogen and oxygen atoms in total. The zero-order valence-electron chi connectivity index (χ0n) is 12.4. The second kappa shape index (κ2) is 5.18. The van der Waals surface area contributed by atoms with Gasteiger partial charge in [0.15, 0.2) is 0 Å². The molecule has 0 N–H and O–H groups in total. The van der Waals surface area contributed by atoms with Gasteiger partial charge in [-0.1, -0.05) is 37.6 Å². The van der Waals surface area contributed by atoms with Gasteiger partial charge in [-0.25, -0.2) is 0 Å². The molecule has 3 rings (SSSR count). The molecule has 0 saturated carbocycles. The van der Waals surface area contributed by atoms with Gasteiger partial charge in [-0.05, 0) is 48.1 Å². The molecule has 2 heteroatoms. The Morgan fingerprint density at radius 1 is 1.29 bits per heavy atom. The van der Waals surface area contributed by atoms with Crippen molar-refractivity contribution in [2.24, 2.45) is 5.41 Å². The van der Waals surface area contributed by atoms with Crippen molar-refractivity contribution in [1.29, 1.82) is 5.26 Å². The first-order valence-corrected chi connectivity index (χ1v) is 7.24. The van der Waals surface area contributed by atoms with Crippen molar-refractivity contribution in [1.82, 2.24) is 4.98 Å². The van der Waals surface area contributed by atoms with Crippen molar-refractivity contribution in [3.63, 3.8) is 0 Å². The van der Waals surface area contributed by atoms with Crippen LogP contribution in [0.1, 0.15) is 32.4 Å². The molecule has 0 saturated heterocycles. The van der Waals surface area contributed by atoms with Crippen LogP contribution in [0, 0.1) is 16.7 Å². The van der Waals surface area contributed by atoms with Crippen molar-refractivity contribution in [3.05, 3.63) is 71.1 Å².